The number of hydrogen-bond acceptors (Lipinski definition) is 3. The number of rotatable bonds is 2. The van der Waals surface area contributed by atoms with E-state index in [1.54, 1.807) is 0 Å². The Bertz CT molecular complexity index is 471. The third-order valence-electron chi connectivity index (χ3n) is 2.69. The molecule has 0 aromatic heterocycles. The molecule has 0 bridgehead atoms. The Morgan fingerprint density at radius 2 is 2.22 bits per heavy atom. The molecule has 0 spiro atoms. The largest absolute Gasteiger partial charge is 0.372 e. The number of ether oxygens (including phenoxy) is 1. The van der Waals surface area contributed by atoms with Crippen molar-refractivity contribution in [3.63, 3.8) is 0 Å². The first-order valence-corrected chi connectivity index (χ1v) is 6.66. The molecule has 1 heterocycles. The van der Waals surface area contributed by atoms with Crippen LogP contribution in [0.4, 0.5) is 0 Å². The molecule has 1 aromatic rings. The summed E-state index contributed by atoms with van der Waals surface area (Å²) < 4.78 is 5.73. The van der Waals surface area contributed by atoms with Crippen LogP contribution < -0.4 is 11.5 Å². The van der Waals surface area contributed by atoms with Gasteiger partial charge >= 0.3 is 0 Å². The molecule has 1 aliphatic rings. The van der Waals surface area contributed by atoms with Crippen molar-refractivity contribution in [3.05, 3.63) is 35.4 Å². The van der Waals surface area contributed by atoms with E-state index in [0.717, 1.165) is 13.0 Å². The molecule has 0 aliphatic carbocycles. The van der Waals surface area contributed by atoms with E-state index in [9.17, 15) is 0 Å². The summed E-state index contributed by atoms with van der Waals surface area (Å²) in [5.74, 6) is 0.560. The summed E-state index contributed by atoms with van der Waals surface area (Å²) in [7, 11) is 0. The summed E-state index contributed by atoms with van der Waals surface area (Å²) in [6.45, 7) is 0.720. The van der Waals surface area contributed by atoms with Gasteiger partial charge in [0.05, 0.1) is 12.7 Å². The van der Waals surface area contributed by atoms with E-state index in [1.807, 2.05) is 12.1 Å². The van der Waals surface area contributed by atoms with Crippen LogP contribution in [-0.2, 0) is 11.2 Å². The predicted octanol–water partition coefficient (Wildman–Crippen LogP) is 1.24. The third kappa shape index (κ3) is 3.24. The standard InChI is InChI=1S/C12H16N4OS/c13-11(14)16-12(15)18-7-10-9-4-2-1-3-8(9)5-6-17-10/h1-4,10H,5-7H2,(H5,13,14,15,16). The average Bonchev–Trinajstić information content (AvgIpc) is 2.35. The van der Waals surface area contributed by atoms with E-state index in [4.69, 9.17) is 21.6 Å². The van der Waals surface area contributed by atoms with Crippen molar-refractivity contribution >= 4 is 22.9 Å². The van der Waals surface area contributed by atoms with Gasteiger partial charge in [0.1, 0.15) is 0 Å². The van der Waals surface area contributed by atoms with Crippen LogP contribution in [0.25, 0.3) is 0 Å². The Kier molecular flexibility index (Phi) is 4.22. The van der Waals surface area contributed by atoms with Crippen molar-refractivity contribution in [3.8, 4) is 0 Å². The molecule has 0 amide bonds. The number of hydrogen-bond donors (Lipinski definition) is 3. The van der Waals surface area contributed by atoms with Crippen LogP contribution in [0, 0.1) is 5.41 Å². The second-order valence-corrected chi connectivity index (χ2v) is 4.97. The van der Waals surface area contributed by atoms with Gasteiger partial charge in [0.15, 0.2) is 11.1 Å². The minimum absolute atomic E-state index is 0.00880. The van der Waals surface area contributed by atoms with Crippen LogP contribution in [0.1, 0.15) is 17.2 Å². The Morgan fingerprint density at radius 1 is 1.44 bits per heavy atom. The van der Waals surface area contributed by atoms with Crippen LogP contribution in [0.15, 0.2) is 29.3 Å². The molecule has 5 N–H and O–H groups in total. The van der Waals surface area contributed by atoms with Crippen molar-refractivity contribution in [1.82, 2.24) is 0 Å². The van der Waals surface area contributed by atoms with Crippen LogP contribution in [0.3, 0.4) is 0 Å². The Labute approximate surface area is 110 Å². The quantitative estimate of drug-likeness (QED) is 0.553. The predicted molar refractivity (Wildman–Crippen MR) is 74.8 cm³/mol. The Balaban J connectivity index is 1.99. The first-order valence-electron chi connectivity index (χ1n) is 5.67. The van der Waals surface area contributed by atoms with E-state index < -0.39 is 0 Å². The molecular formula is C12H16N4OS. The molecule has 1 aromatic carbocycles. The second kappa shape index (κ2) is 5.88. The first-order chi connectivity index (χ1) is 8.66. The number of nitrogens with zero attached hydrogens (tertiary/aromatic N) is 1. The van der Waals surface area contributed by atoms with Gasteiger partial charge in [-0.05, 0) is 17.5 Å². The van der Waals surface area contributed by atoms with Gasteiger partial charge in [0, 0.05) is 5.75 Å². The number of guanidine groups is 1. The highest BCUT2D eigenvalue weighted by Crippen LogP contribution is 2.29. The zero-order chi connectivity index (χ0) is 13.0. The molecule has 5 nitrogen and oxygen atoms in total. The van der Waals surface area contributed by atoms with Crippen molar-refractivity contribution in [1.29, 1.82) is 5.41 Å². The number of aliphatic imine (C=N–C) groups is 1. The van der Waals surface area contributed by atoms with Gasteiger partial charge in [-0.25, -0.2) is 0 Å². The smallest absolute Gasteiger partial charge is 0.193 e. The van der Waals surface area contributed by atoms with Crippen LogP contribution >= 0.6 is 11.8 Å². The lowest BCUT2D eigenvalue weighted by Gasteiger charge is -2.25. The number of benzene rings is 1. The molecular weight excluding hydrogens is 248 g/mol. The van der Waals surface area contributed by atoms with Crippen LogP contribution in [-0.4, -0.2) is 23.5 Å². The van der Waals surface area contributed by atoms with Gasteiger partial charge < -0.3 is 16.2 Å². The normalized spacial score (nSPS) is 17.9. The van der Waals surface area contributed by atoms with Gasteiger partial charge in [-0.3, -0.25) is 5.41 Å². The van der Waals surface area contributed by atoms with Crippen LogP contribution in [0.5, 0.6) is 0 Å². The highest BCUT2D eigenvalue weighted by atomic mass is 32.2. The fraction of sp³-hybridized carbons (Fsp3) is 0.333. The molecule has 2 rings (SSSR count). The minimum Gasteiger partial charge on any atom is -0.372 e. The SMILES string of the molecule is N=C(N=C(N)N)SCC1OCCc2ccccc21. The molecule has 0 saturated carbocycles. The van der Waals surface area contributed by atoms with E-state index in [2.05, 4.69) is 17.1 Å². The Hall–Kier alpha value is -1.53. The summed E-state index contributed by atoms with van der Waals surface area (Å²) in [5, 5.41) is 7.69. The van der Waals surface area contributed by atoms with Crippen molar-refractivity contribution in [2.45, 2.75) is 12.5 Å². The van der Waals surface area contributed by atoms with Gasteiger partial charge in [0.2, 0.25) is 0 Å². The summed E-state index contributed by atoms with van der Waals surface area (Å²) in [4.78, 5) is 3.68. The van der Waals surface area contributed by atoms with Crippen LogP contribution in [0.2, 0.25) is 0 Å². The highest BCUT2D eigenvalue weighted by Gasteiger charge is 2.20. The van der Waals surface area contributed by atoms with Crippen molar-refractivity contribution in [2.75, 3.05) is 12.4 Å². The third-order valence-corrected chi connectivity index (χ3v) is 3.53. The number of amidine groups is 1. The van der Waals surface area contributed by atoms with E-state index >= 15 is 0 Å². The fourth-order valence-corrected chi connectivity index (χ4v) is 2.67. The van der Waals surface area contributed by atoms with E-state index in [0.29, 0.717) is 5.75 Å². The lowest BCUT2D eigenvalue weighted by Crippen LogP contribution is -2.24. The number of fused-ring (bicyclic) bond motifs is 1. The maximum absolute atomic E-state index is 7.58. The molecule has 1 aliphatic heterocycles. The topological polar surface area (TPSA) is 97.5 Å². The average molecular weight is 264 g/mol. The summed E-state index contributed by atoms with van der Waals surface area (Å²) in [5.41, 5.74) is 13.0. The fourth-order valence-electron chi connectivity index (χ4n) is 1.92. The molecule has 18 heavy (non-hydrogen) atoms. The maximum atomic E-state index is 7.58. The lowest BCUT2D eigenvalue weighted by molar-refractivity contribution is 0.0589. The molecule has 1 unspecified atom stereocenters. The zero-order valence-electron chi connectivity index (χ0n) is 9.93. The maximum Gasteiger partial charge on any atom is 0.193 e. The molecule has 0 radical (unpaired) electrons. The van der Waals surface area contributed by atoms with Gasteiger partial charge in [-0.15, -0.1) is 0 Å². The van der Waals surface area contributed by atoms with E-state index in [-0.39, 0.29) is 17.2 Å². The first kappa shape index (κ1) is 12.9. The van der Waals surface area contributed by atoms with E-state index in [1.165, 1.54) is 22.9 Å². The number of nitrogens with two attached hydrogens (primary N) is 2. The van der Waals surface area contributed by atoms with Gasteiger partial charge in [0.25, 0.3) is 0 Å². The molecule has 0 fully saturated rings. The zero-order valence-corrected chi connectivity index (χ0v) is 10.7. The number of thioether (sulfide) groups is 1. The van der Waals surface area contributed by atoms with Gasteiger partial charge in [-0.2, -0.15) is 4.99 Å². The molecule has 0 saturated heterocycles. The van der Waals surface area contributed by atoms with Gasteiger partial charge in [-0.1, -0.05) is 36.0 Å². The molecule has 6 heteroatoms. The number of nitrogens with one attached hydrogen (secondary N) is 1. The minimum atomic E-state index is -0.0857. The molecule has 96 valence electrons. The second-order valence-electron chi connectivity index (χ2n) is 3.96. The summed E-state index contributed by atoms with van der Waals surface area (Å²) in [6, 6.07) is 8.24. The Morgan fingerprint density at radius 3 is 3.00 bits per heavy atom. The monoisotopic (exact) mass is 264 g/mol. The van der Waals surface area contributed by atoms with Crippen molar-refractivity contribution in [2.24, 2.45) is 16.5 Å². The summed E-state index contributed by atoms with van der Waals surface area (Å²) >= 11 is 1.29. The lowest BCUT2D eigenvalue weighted by atomic mass is 9.99. The highest BCUT2D eigenvalue weighted by molar-refractivity contribution is 8.13. The van der Waals surface area contributed by atoms with Crippen molar-refractivity contribution < 1.29 is 4.74 Å². The summed E-state index contributed by atoms with van der Waals surface area (Å²) in [6.07, 6.45) is 0.956. The molecule has 1 atom stereocenters.